The molecule has 4 atom stereocenters. The van der Waals surface area contributed by atoms with Gasteiger partial charge in [0.1, 0.15) is 11.9 Å². The summed E-state index contributed by atoms with van der Waals surface area (Å²) in [6.07, 6.45) is 4.04. The molecule has 0 aliphatic carbocycles. The van der Waals surface area contributed by atoms with Crippen LogP contribution in [0.3, 0.4) is 0 Å². The summed E-state index contributed by atoms with van der Waals surface area (Å²) in [6, 6.07) is 15.6. The summed E-state index contributed by atoms with van der Waals surface area (Å²) in [5.74, 6) is 0.540. The molecule has 1 unspecified atom stereocenters. The standard InChI is InChI=1S/C32H46N2O6Si/c1-23-31(39-2)26-20-25(34-17-11-6-5-10-14-29(34)36)15-16-27(26)40-32(23)28(41(3,4)38)21-30(37)33(18-19-35)22-24-12-8-7-9-13-24/h7-9,12-13,15-16,20,23,28,31-32,35,38H,5-6,10-11,14,17-19,21-22H2,1-4H3/t23-,28?,31-,32-/m0/s1. The molecule has 41 heavy (non-hydrogen) atoms. The van der Waals surface area contributed by atoms with Gasteiger partial charge in [0.15, 0.2) is 8.32 Å². The number of aliphatic hydroxyl groups excluding tert-OH is 1. The van der Waals surface area contributed by atoms with Gasteiger partial charge in [0.2, 0.25) is 11.8 Å². The molecule has 8 nitrogen and oxygen atoms in total. The lowest BCUT2D eigenvalue weighted by molar-refractivity contribution is -0.133. The molecule has 0 radical (unpaired) electrons. The molecule has 1 fully saturated rings. The van der Waals surface area contributed by atoms with Gasteiger partial charge in [-0.05, 0) is 49.7 Å². The van der Waals surface area contributed by atoms with Crippen LogP contribution in [0.15, 0.2) is 48.5 Å². The number of aliphatic hydroxyl groups is 1. The fourth-order valence-corrected chi connectivity index (χ4v) is 8.12. The topological polar surface area (TPSA) is 99.5 Å². The van der Waals surface area contributed by atoms with Gasteiger partial charge in [0, 0.05) is 62.3 Å². The number of fused-ring (bicyclic) bond motifs is 1. The Hall–Kier alpha value is -2.72. The quantitative estimate of drug-likeness (QED) is 0.381. The fourth-order valence-electron chi connectivity index (χ4n) is 6.27. The monoisotopic (exact) mass is 582 g/mol. The van der Waals surface area contributed by atoms with Gasteiger partial charge in [-0.1, -0.05) is 50.1 Å². The summed E-state index contributed by atoms with van der Waals surface area (Å²) in [5, 5.41) is 9.69. The average molecular weight is 583 g/mol. The van der Waals surface area contributed by atoms with Crippen molar-refractivity contribution in [2.75, 3.05) is 31.7 Å². The maximum Gasteiger partial charge on any atom is 0.226 e. The molecular weight excluding hydrogens is 536 g/mol. The molecule has 0 aromatic heterocycles. The first kappa shape index (κ1) is 31.2. The van der Waals surface area contributed by atoms with E-state index in [2.05, 4.69) is 0 Å². The minimum absolute atomic E-state index is 0.115. The van der Waals surface area contributed by atoms with Crippen LogP contribution < -0.4 is 9.64 Å². The van der Waals surface area contributed by atoms with E-state index < -0.39 is 20.0 Å². The van der Waals surface area contributed by atoms with Crippen LogP contribution in [0, 0.1) is 5.92 Å². The number of methoxy groups -OCH3 is 1. The third-order valence-corrected chi connectivity index (χ3v) is 10.9. The molecule has 2 aliphatic heterocycles. The van der Waals surface area contributed by atoms with E-state index in [-0.39, 0.29) is 43.4 Å². The molecule has 1 saturated heterocycles. The lowest BCUT2D eigenvalue weighted by Crippen LogP contribution is -2.50. The Morgan fingerprint density at radius 1 is 1.15 bits per heavy atom. The van der Waals surface area contributed by atoms with Crippen molar-refractivity contribution in [3.8, 4) is 5.75 Å². The van der Waals surface area contributed by atoms with Crippen molar-refractivity contribution in [3.63, 3.8) is 0 Å². The number of ether oxygens (including phenoxy) is 2. The third-order valence-electron chi connectivity index (χ3n) is 8.59. The second-order valence-electron chi connectivity index (χ2n) is 12.0. The maximum atomic E-state index is 13.6. The summed E-state index contributed by atoms with van der Waals surface area (Å²) in [5.41, 5.74) is 2.33. The minimum Gasteiger partial charge on any atom is -0.490 e. The van der Waals surface area contributed by atoms with Gasteiger partial charge in [-0.25, -0.2) is 0 Å². The zero-order valence-corrected chi connectivity index (χ0v) is 25.9. The van der Waals surface area contributed by atoms with Gasteiger partial charge in [0.05, 0.1) is 12.7 Å². The third kappa shape index (κ3) is 7.57. The van der Waals surface area contributed by atoms with E-state index in [4.69, 9.17) is 9.47 Å². The van der Waals surface area contributed by atoms with Gasteiger partial charge in [0.25, 0.3) is 0 Å². The van der Waals surface area contributed by atoms with E-state index in [9.17, 15) is 19.5 Å². The Bertz CT molecular complexity index is 1170. The predicted molar refractivity (Wildman–Crippen MR) is 162 cm³/mol. The second-order valence-corrected chi connectivity index (χ2v) is 16.1. The van der Waals surface area contributed by atoms with Crippen LogP contribution in [0.1, 0.15) is 62.7 Å². The van der Waals surface area contributed by atoms with Gasteiger partial charge in [-0.15, -0.1) is 0 Å². The molecule has 2 aliphatic rings. The molecule has 2 aromatic rings. The molecule has 9 heteroatoms. The molecule has 2 amide bonds. The lowest BCUT2D eigenvalue weighted by atomic mass is 9.86. The summed E-state index contributed by atoms with van der Waals surface area (Å²) in [6.45, 7) is 6.92. The number of hydrogen-bond acceptors (Lipinski definition) is 6. The largest absolute Gasteiger partial charge is 0.490 e. The first-order valence-corrected chi connectivity index (χ1v) is 17.9. The highest BCUT2D eigenvalue weighted by molar-refractivity contribution is 6.71. The molecular formula is C32H46N2O6Si. The van der Waals surface area contributed by atoms with Crippen LogP contribution in [0.2, 0.25) is 18.6 Å². The average Bonchev–Trinajstić information content (AvgIpc) is 2.93. The summed E-state index contributed by atoms with van der Waals surface area (Å²) in [4.78, 5) is 41.6. The van der Waals surface area contributed by atoms with Gasteiger partial charge in [-0.2, -0.15) is 0 Å². The Morgan fingerprint density at radius 2 is 1.88 bits per heavy atom. The van der Waals surface area contributed by atoms with Crippen molar-refractivity contribution < 1.29 is 29.0 Å². The smallest absolute Gasteiger partial charge is 0.226 e. The Kier molecular flexibility index (Phi) is 10.6. The molecule has 2 heterocycles. The van der Waals surface area contributed by atoms with Crippen molar-refractivity contribution in [3.05, 3.63) is 59.7 Å². The van der Waals surface area contributed by atoms with Gasteiger partial charge < -0.3 is 29.2 Å². The number of amides is 2. The molecule has 0 bridgehead atoms. The Morgan fingerprint density at radius 3 is 2.56 bits per heavy atom. The molecule has 2 aromatic carbocycles. The van der Waals surface area contributed by atoms with Crippen LogP contribution in [0.5, 0.6) is 5.75 Å². The van der Waals surface area contributed by atoms with Crippen LogP contribution in [0.4, 0.5) is 5.69 Å². The summed E-state index contributed by atoms with van der Waals surface area (Å²) < 4.78 is 12.6. The number of carbonyl (C=O) groups excluding carboxylic acids is 2. The molecule has 0 spiro atoms. The van der Waals surface area contributed by atoms with Gasteiger partial charge in [-0.3, -0.25) is 9.59 Å². The number of rotatable bonds is 10. The molecule has 2 N–H and O–H groups in total. The molecule has 4 rings (SSSR count). The van der Waals surface area contributed by atoms with E-state index in [1.54, 1.807) is 12.0 Å². The van der Waals surface area contributed by atoms with Crippen LogP contribution in [0.25, 0.3) is 0 Å². The highest BCUT2D eigenvalue weighted by atomic mass is 28.4. The highest BCUT2D eigenvalue weighted by Crippen LogP contribution is 2.47. The van der Waals surface area contributed by atoms with Crippen LogP contribution >= 0.6 is 0 Å². The summed E-state index contributed by atoms with van der Waals surface area (Å²) in [7, 11) is -1.23. The van der Waals surface area contributed by atoms with E-state index in [1.807, 2.05) is 73.4 Å². The Labute approximate surface area is 245 Å². The van der Waals surface area contributed by atoms with Crippen molar-refractivity contribution in [1.82, 2.24) is 4.90 Å². The van der Waals surface area contributed by atoms with Crippen LogP contribution in [-0.4, -0.2) is 67.8 Å². The highest BCUT2D eigenvalue weighted by Gasteiger charge is 2.47. The van der Waals surface area contributed by atoms with E-state index >= 15 is 0 Å². The molecule has 224 valence electrons. The van der Waals surface area contributed by atoms with Crippen LogP contribution in [-0.2, 0) is 20.9 Å². The van der Waals surface area contributed by atoms with Crippen molar-refractivity contribution in [2.45, 2.75) is 82.8 Å². The lowest BCUT2D eigenvalue weighted by Gasteiger charge is -2.44. The number of benzene rings is 2. The first-order valence-electron chi connectivity index (χ1n) is 14.9. The minimum atomic E-state index is -2.90. The van der Waals surface area contributed by atoms with E-state index in [1.165, 1.54) is 0 Å². The first-order chi connectivity index (χ1) is 19.6. The predicted octanol–water partition coefficient (Wildman–Crippen LogP) is 5.05. The number of nitrogens with zero attached hydrogens (tertiary/aromatic N) is 2. The van der Waals surface area contributed by atoms with Crippen molar-refractivity contribution in [1.29, 1.82) is 0 Å². The number of hydrogen-bond donors (Lipinski definition) is 2. The molecule has 0 saturated carbocycles. The summed E-state index contributed by atoms with van der Waals surface area (Å²) >= 11 is 0. The normalized spacial score (nSPS) is 22.2. The fraction of sp³-hybridized carbons (Fsp3) is 0.562. The SMILES string of the molecule is CO[C@@H]1c2cc(N3CCCCCCC3=O)ccc2O[C@H](C(CC(=O)N(CCO)Cc2ccccc2)[Si](C)(C)O)[C@H]1C. The number of anilines is 1. The second kappa shape index (κ2) is 14.0. The maximum absolute atomic E-state index is 13.6. The zero-order valence-electron chi connectivity index (χ0n) is 24.9. The van der Waals surface area contributed by atoms with E-state index in [0.717, 1.165) is 42.5 Å². The van der Waals surface area contributed by atoms with Gasteiger partial charge >= 0.3 is 0 Å². The number of carbonyl (C=O) groups is 2. The van der Waals surface area contributed by atoms with Crippen molar-refractivity contribution in [2.24, 2.45) is 5.92 Å². The zero-order chi connectivity index (χ0) is 29.6. The van der Waals surface area contributed by atoms with E-state index in [0.29, 0.717) is 25.3 Å². The Balaban J connectivity index is 1.59. The van der Waals surface area contributed by atoms with Crippen molar-refractivity contribution >= 4 is 25.8 Å².